The van der Waals surface area contributed by atoms with Gasteiger partial charge >= 0.3 is 0 Å². The summed E-state index contributed by atoms with van der Waals surface area (Å²) in [6.07, 6.45) is 6.06. The van der Waals surface area contributed by atoms with Gasteiger partial charge in [-0.05, 0) is 50.2 Å². The maximum atomic E-state index is 12.8. The molecule has 6 heteroatoms. The number of piperidine rings is 1. The summed E-state index contributed by atoms with van der Waals surface area (Å²) in [6.45, 7) is 3.44. The van der Waals surface area contributed by atoms with Crippen LogP contribution >= 0.6 is 0 Å². The molecule has 0 unspecified atom stereocenters. The number of aryl methyl sites for hydroxylation is 1. The molecule has 1 aliphatic carbocycles. The number of ether oxygens (including phenoxy) is 2. The minimum absolute atomic E-state index is 0.0387. The van der Waals surface area contributed by atoms with Gasteiger partial charge in [0.2, 0.25) is 29.0 Å². The summed E-state index contributed by atoms with van der Waals surface area (Å²) in [5.74, 6) is -0.441. The number of carbonyl (C=O) groups excluding carboxylic acids is 3. The third kappa shape index (κ3) is 5.24. The third-order valence-corrected chi connectivity index (χ3v) is 6.06. The van der Waals surface area contributed by atoms with Crippen LogP contribution < -0.4 is 0 Å². The predicted octanol–water partition coefficient (Wildman–Crippen LogP) is 3.54. The highest BCUT2D eigenvalue weighted by atomic mass is 16.5. The molecular weight excluding hydrogens is 394 g/mol. The molecular formula is C25H31NO5. The number of carbonyl (C=O) groups is 3. The molecule has 1 saturated heterocycles. The fraction of sp³-hybridized carbons (Fsp3) is 0.480. The van der Waals surface area contributed by atoms with Crippen molar-refractivity contribution in [2.45, 2.75) is 51.9 Å². The number of likely N-dealkylation sites (tertiary alicyclic amines) is 1. The van der Waals surface area contributed by atoms with Crippen LogP contribution in [0.25, 0.3) is 0 Å². The monoisotopic (exact) mass is 425 g/mol. The lowest BCUT2D eigenvalue weighted by molar-refractivity contribution is -0.132. The van der Waals surface area contributed by atoms with E-state index in [1.54, 1.807) is 6.92 Å². The van der Waals surface area contributed by atoms with E-state index < -0.39 is 0 Å². The summed E-state index contributed by atoms with van der Waals surface area (Å²) in [5, 5.41) is 0. The van der Waals surface area contributed by atoms with Gasteiger partial charge in [-0.25, -0.2) is 0 Å². The topological polar surface area (TPSA) is 72.9 Å². The molecule has 166 valence electrons. The fourth-order valence-corrected chi connectivity index (χ4v) is 4.18. The van der Waals surface area contributed by atoms with Gasteiger partial charge in [0.25, 0.3) is 0 Å². The van der Waals surface area contributed by atoms with Crippen molar-refractivity contribution in [2.75, 3.05) is 27.3 Å². The fourth-order valence-electron chi connectivity index (χ4n) is 4.18. The maximum Gasteiger partial charge on any atom is 0.228 e. The van der Waals surface area contributed by atoms with Crippen LogP contribution in [0.3, 0.4) is 0 Å². The van der Waals surface area contributed by atoms with Crippen molar-refractivity contribution in [1.29, 1.82) is 0 Å². The number of hydrogen-bond donors (Lipinski definition) is 0. The van der Waals surface area contributed by atoms with E-state index in [9.17, 15) is 14.4 Å². The lowest BCUT2D eigenvalue weighted by Crippen LogP contribution is -2.35. The lowest BCUT2D eigenvalue weighted by Gasteiger charge is -2.26. The van der Waals surface area contributed by atoms with Crippen LogP contribution in [0.15, 0.2) is 46.9 Å². The molecule has 0 aromatic heterocycles. The van der Waals surface area contributed by atoms with E-state index in [1.165, 1.54) is 20.6 Å². The number of allylic oxidation sites excluding steroid dienone is 2. The second-order valence-electron chi connectivity index (χ2n) is 8.12. The molecule has 0 atom stereocenters. The molecule has 1 aromatic carbocycles. The Morgan fingerprint density at radius 2 is 1.48 bits per heavy atom. The van der Waals surface area contributed by atoms with Gasteiger partial charge in [0, 0.05) is 37.1 Å². The average Bonchev–Trinajstić information content (AvgIpc) is 2.80. The number of Topliss-reactive ketones (excluding diaryl/α,β-unsaturated/α-hetero) is 2. The van der Waals surface area contributed by atoms with Crippen LogP contribution in [0.4, 0.5) is 0 Å². The molecule has 1 aromatic rings. The zero-order chi connectivity index (χ0) is 22.4. The van der Waals surface area contributed by atoms with Crippen molar-refractivity contribution in [3.63, 3.8) is 0 Å². The van der Waals surface area contributed by atoms with Crippen LogP contribution in [0.2, 0.25) is 0 Å². The quantitative estimate of drug-likeness (QED) is 0.596. The number of amides is 1. The number of rotatable bonds is 8. The number of nitrogens with zero attached hydrogens (tertiary/aromatic N) is 1. The largest absolute Gasteiger partial charge is 0.489 e. The second-order valence-corrected chi connectivity index (χ2v) is 8.12. The van der Waals surface area contributed by atoms with Crippen molar-refractivity contribution < 1.29 is 23.9 Å². The number of ketones is 2. The Hall–Kier alpha value is -2.89. The van der Waals surface area contributed by atoms with E-state index in [-0.39, 0.29) is 29.0 Å². The van der Waals surface area contributed by atoms with Crippen molar-refractivity contribution in [3.8, 4) is 0 Å². The summed E-state index contributed by atoms with van der Waals surface area (Å²) < 4.78 is 10.2. The summed E-state index contributed by atoms with van der Waals surface area (Å²) >= 11 is 0. The zero-order valence-electron chi connectivity index (χ0n) is 18.7. The summed E-state index contributed by atoms with van der Waals surface area (Å²) in [7, 11) is 2.72. The molecule has 31 heavy (non-hydrogen) atoms. The normalized spacial score (nSPS) is 17.3. The van der Waals surface area contributed by atoms with Gasteiger partial charge in [-0.15, -0.1) is 0 Å². The Bertz CT molecular complexity index is 904. The van der Waals surface area contributed by atoms with Crippen LogP contribution in [-0.2, 0) is 36.7 Å². The molecule has 0 radical (unpaired) electrons. The van der Waals surface area contributed by atoms with Crippen LogP contribution in [-0.4, -0.2) is 49.7 Å². The molecule has 0 spiro atoms. The average molecular weight is 426 g/mol. The van der Waals surface area contributed by atoms with Gasteiger partial charge in [-0.1, -0.05) is 24.3 Å². The van der Waals surface area contributed by atoms with Gasteiger partial charge in [0.1, 0.15) is 0 Å². The molecule has 0 N–H and O–H groups in total. The van der Waals surface area contributed by atoms with Crippen molar-refractivity contribution in [1.82, 2.24) is 4.90 Å². The standard InChI is InChI=1S/C25H31NO5/c1-17-20(23(29)25(31-3)24(30-2)22(17)28)16-19-12-10-18(11-13-19)8-7-9-21(27)26-14-5-4-6-15-26/h10-13H,4-9,14-16H2,1-3H3. The van der Waals surface area contributed by atoms with Crippen LogP contribution in [0.1, 0.15) is 50.2 Å². The summed E-state index contributed by atoms with van der Waals surface area (Å²) in [4.78, 5) is 39.6. The number of hydrogen-bond acceptors (Lipinski definition) is 5. The molecule has 0 saturated carbocycles. The van der Waals surface area contributed by atoms with E-state index in [0.29, 0.717) is 24.0 Å². The minimum Gasteiger partial charge on any atom is -0.489 e. The summed E-state index contributed by atoms with van der Waals surface area (Å²) in [6, 6.07) is 8.00. The van der Waals surface area contributed by atoms with Gasteiger partial charge in [-0.3, -0.25) is 14.4 Å². The third-order valence-electron chi connectivity index (χ3n) is 6.06. The van der Waals surface area contributed by atoms with Gasteiger partial charge < -0.3 is 14.4 Å². The summed E-state index contributed by atoms with van der Waals surface area (Å²) in [5.41, 5.74) is 2.93. The lowest BCUT2D eigenvalue weighted by atomic mass is 9.88. The van der Waals surface area contributed by atoms with Gasteiger partial charge in [0.15, 0.2) is 0 Å². The molecule has 6 nitrogen and oxygen atoms in total. The predicted molar refractivity (Wildman–Crippen MR) is 117 cm³/mol. The zero-order valence-corrected chi connectivity index (χ0v) is 18.7. The molecule has 3 rings (SSSR count). The molecule has 1 amide bonds. The van der Waals surface area contributed by atoms with Crippen LogP contribution in [0, 0.1) is 0 Å². The van der Waals surface area contributed by atoms with E-state index in [4.69, 9.17) is 9.47 Å². The highest BCUT2D eigenvalue weighted by Crippen LogP contribution is 2.28. The highest BCUT2D eigenvalue weighted by Gasteiger charge is 2.34. The maximum absolute atomic E-state index is 12.8. The van der Waals surface area contributed by atoms with E-state index in [0.717, 1.165) is 49.9 Å². The number of benzene rings is 1. The molecule has 1 heterocycles. The van der Waals surface area contributed by atoms with Gasteiger partial charge in [0.05, 0.1) is 14.2 Å². The van der Waals surface area contributed by atoms with E-state index in [2.05, 4.69) is 0 Å². The Labute approximate surface area is 183 Å². The Morgan fingerprint density at radius 3 is 2.10 bits per heavy atom. The van der Waals surface area contributed by atoms with E-state index >= 15 is 0 Å². The highest BCUT2D eigenvalue weighted by molar-refractivity contribution is 6.23. The smallest absolute Gasteiger partial charge is 0.228 e. The Morgan fingerprint density at radius 1 is 0.903 bits per heavy atom. The minimum atomic E-state index is -0.316. The van der Waals surface area contributed by atoms with E-state index in [1.807, 2.05) is 29.2 Å². The second kappa shape index (κ2) is 10.4. The molecule has 2 aliphatic rings. The first-order valence-electron chi connectivity index (χ1n) is 10.9. The first-order chi connectivity index (χ1) is 15.0. The van der Waals surface area contributed by atoms with Crippen molar-refractivity contribution >= 4 is 17.5 Å². The van der Waals surface area contributed by atoms with Crippen molar-refractivity contribution in [3.05, 3.63) is 58.1 Å². The molecule has 0 bridgehead atoms. The Balaban J connectivity index is 1.58. The number of methoxy groups -OCH3 is 2. The Kier molecular flexibility index (Phi) is 7.66. The van der Waals surface area contributed by atoms with Crippen molar-refractivity contribution in [2.24, 2.45) is 0 Å². The van der Waals surface area contributed by atoms with Crippen LogP contribution in [0.5, 0.6) is 0 Å². The molecule has 1 aliphatic heterocycles. The first kappa shape index (κ1) is 22.8. The SMILES string of the molecule is COC1=C(OC)C(=O)C(Cc2ccc(CCCC(=O)N3CCCCC3)cc2)=C(C)C1=O. The van der Waals surface area contributed by atoms with Gasteiger partial charge in [-0.2, -0.15) is 0 Å². The first-order valence-corrected chi connectivity index (χ1v) is 10.9. The molecule has 1 fully saturated rings.